The fourth-order valence-corrected chi connectivity index (χ4v) is 3.63. The number of benzene rings is 1. The van der Waals surface area contributed by atoms with Crippen LogP contribution in [-0.2, 0) is 23.9 Å². The van der Waals surface area contributed by atoms with Crippen LogP contribution in [-0.4, -0.2) is 32.9 Å². The van der Waals surface area contributed by atoms with Crippen LogP contribution < -0.4 is 10.5 Å². The normalized spacial score (nSPS) is 16.0. The van der Waals surface area contributed by atoms with E-state index in [1.807, 2.05) is 6.92 Å². The number of ether oxygens (including phenoxy) is 2. The van der Waals surface area contributed by atoms with Crippen molar-refractivity contribution >= 4 is 11.5 Å². The van der Waals surface area contributed by atoms with Crippen LogP contribution in [0.2, 0.25) is 0 Å². The maximum Gasteiger partial charge on any atom is 0.419 e. The van der Waals surface area contributed by atoms with Crippen molar-refractivity contribution in [3.63, 3.8) is 0 Å². The number of nitrogens with two attached hydrogens (primary N) is 1. The number of halogens is 3. The molecule has 0 saturated carbocycles. The molecule has 9 nitrogen and oxygen atoms in total. The average Bonchev–Trinajstić information content (AvgIpc) is 3.11. The molecule has 4 rings (SSSR count). The summed E-state index contributed by atoms with van der Waals surface area (Å²) in [5.74, 6) is -0.574. The predicted molar refractivity (Wildman–Crippen MR) is 107 cm³/mol. The van der Waals surface area contributed by atoms with E-state index < -0.39 is 16.7 Å². The highest BCUT2D eigenvalue weighted by Gasteiger charge is 2.35. The van der Waals surface area contributed by atoms with Gasteiger partial charge < -0.3 is 15.2 Å². The second-order valence-electron chi connectivity index (χ2n) is 7.28. The lowest BCUT2D eigenvalue weighted by molar-refractivity contribution is -0.384. The zero-order valence-electron chi connectivity index (χ0n) is 17.0. The molecule has 1 atom stereocenters. The lowest BCUT2D eigenvalue weighted by atomic mass is 10.0. The summed E-state index contributed by atoms with van der Waals surface area (Å²) in [5.41, 5.74) is 6.79. The van der Waals surface area contributed by atoms with Gasteiger partial charge in [0.2, 0.25) is 5.82 Å². The number of hydrogen-bond donors (Lipinski definition) is 1. The molecule has 3 aromatic rings. The highest BCUT2D eigenvalue weighted by Crippen LogP contribution is 2.39. The number of aromatic nitrogens is 3. The number of rotatable bonds is 4. The van der Waals surface area contributed by atoms with Crippen molar-refractivity contribution in [1.82, 2.24) is 14.8 Å². The topological polar surface area (TPSA) is 118 Å². The molecule has 0 bridgehead atoms. The molecule has 1 aliphatic heterocycles. The Hall–Kier alpha value is -3.67. The average molecular weight is 449 g/mol. The van der Waals surface area contributed by atoms with Gasteiger partial charge in [-0.15, -0.1) is 0 Å². The second kappa shape index (κ2) is 7.79. The number of pyridine rings is 1. The fourth-order valence-electron chi connectivity index (χ4n) is 3.63. The third-order valence-corrected chi connectivity index (χ3v) is 5.19. The van der Waals surface area contributed by atoms with Gasteiger partial charge in [-0.05, 0) is 19.1 Å². The lowest BCUT2D eigenvalue weighted by Gasteiger charge is -2.21. The molecule has 0 spiro atoms. The molecule has 1 aromatic carbocycles. The molecule has 0 radical (unpaired) electrons. The summed E-state index contributed by atoms with van der Waals surface area (Å²) in [6.07, 6.45) is -2.92. The standard InChI is InChI=1S/C20H18F3N5O4/c1-10-5-15-13(9-32-10)18(11-6-16(28(29)30)19(24)25-8-11)26-27(15)12-3-4-14(20(21,22)23)17(7-12)31-2/h3-4,6-8,10H,5,9H2,1-2H3,(H2,24,25). The van der Waals surface area contributed by atoms with Crippen LogP contribution in [0.4, 0.5) is 24.7 Å². The number of methoxy groups -OCH3 is 1. The molecule has 0 saturated heterocycles. The van der Waals surface area contributed by atoms with Crippen molar-refractivity contribution in [3.05, 3.63) is 57.4 Å². The number of hydrogen-bond acceptors (Lipinski definition) is 7. The number of nitrogens with zero attached hydrogens (tertiary/aromatic N) is 4. The molecule has 168 valence electrons. The Kier molecular flexibility index (Phi) is 5.25. The van der Waals surface area contributed by atoms with Crippen molar-refractivity contribution in [2.24, 2.45) is 0 Å². The van der Waals surface area contributed by atoms with Gasteiger partial charge >= 0.3 is 11.9 Å². The molecule has 32 heavy (non-hydrogen) atoms. The molecule has 1 unspecified atom stereocenters. The highest BCUT2D eigenvalue weighted by atomic mass is 19.4. The SMILES string of the molecule is COc1cc(-n2nc(-c3cnc(N)c([N+](=O)[O-])c3)c3c2CC(C)OC3)ccc1C(F)(F)F. The van der Waals surface area contributed by atoms with Crippen LogP contribution in [0.25, 0.3) is 16.9 Å². The summed E-state index contributed by atoms with van der Waals surface area (Å²) in [4.78, 5) is 14.5. The van der Waals surface area contributed by atoms with E-state index in [9.17, 15) is 23.3 Å². The maximum atomic E-state index is 13.3. The number of nitro groups is 1. The molecule has 0 fully saturated rings. The molecular weight excluding hydrogens is 431 g/mol. The summed E-state index contributed by atoms with van der Waals surface area (Å²) < 4.78 is 52.0. The summed E-state index contributed by atoms with van der Waals surface area (Å²) in [6.45, 7) is 2.05. The first-order valence-electron chi connectivity index (χ1n) is 9.48. The first kappa shape index (κ1) is 21.6. The molecule has 2 N–H and O–H groups in total. The molecular formula is C20H18F3N5O4. The minimum Gasteiger partial charge on any atom is -0.496 e. The van der Waals surface area contributed by atoms with Gasteiger partial charge in [-0.25, -0.2) is 9.67 Å². The largest absolute Gasteiger partial charge is 0.496 e. The minimum atomic E-state index is -4.57. The molecule has 2 aromatic heterocycles. The second-order valence-corrected chi connectivity index (χ2v) is 7.28. The molecule has 1 aliphatic rings. The van der Waals surface area contributed by atoms with Gasteiger partial charge in [0.1, 0.15) is 11.4 Å². The fraction of sp³-hybridized carbons (Fsp3) is 0.300. The van der Waals surface area contributed by atoms with Gasteiger partial charge in [0.25, 0.3) is 0 Å². The van der Waals surface area contributed by atoms with Crippen molar-refractivity contribution in [2.45, 2.75) is 32.2 Å². The van der Waals surface area contributed by atoms with E-state index in [1.165, 1.54) is 29.1 Å². The quantitative estimate of drug-likeness (QED) is 0.474. The van der Waals surface area contributed by atoms with E-state index in [-0.39, 0.29) is 30.0 Å². The zero-order chi connectivity index (χ0) is 23.2. The number of nitrogen functional groups attached to an aromatic ring is 1. The number of fused-ring (bicyclic) bond motifs is 1. The number of alkyl halides is 3. The smallest absolute Gasteiger partial charge is 0.419 e. The first-order valence-corrected chi connectivity index (χ1v) is 9.48. The van der Waals surface area contributed by atoms with Crippen LogP contribution in [0.15, 0.2) is 30.5 Å². The molecule has 0 amide bonds. The Labute approximate surface area is 179 Å². The van der Waals surface area contributed by atoms with Crippen molar-refractivity contribution in [1.29, 1.82) is 0 Å². The van der Waals surface area contributed by atoms with Gasteiger partial charge in [-0.3, -0.25) is 10.1 Å². The van der Waals surface area contributed by atoms with Gasteiger partial charge in [-0.2, -0.15) is 18.3 Å². The third kappa shape index (κ3) is 3.73. The Bertz CT molecular complexity index is 1210. The van der Waals surface area contributed by atoms with Crippen LogP contribution in [0.1, 0.15) is 23.7 Å². The van der Waals surface area contributed by atoms with Crippen LogP contribution in [0.3, 0.4) is 0 Å². The summed E-state index contributed by atoms with van der Waals surface area (Å²) in [6, 6.07) is 4.75. The number of anilines is 1. The first-order chi connectivity index (χ1) is 15.1. The van der Waals surface area contributed by atoms with Gasteiger partial charge in [0.15, 0.2) is 0 Å². The van der Waals surface area contributed by atoms with E-state index in [0.717, 1.165) is 18.9 Å². The van der Waals surface area contributed by atoms with Gasteiger partial charge in [0.05, 0.1) is 41.7 Å². The summed E-state index contributed by atoms with van der Waals surface area (Å²) in [5, 5.41) is 15.8. The van der Waals surface area contributed by atoms with Crippen molar-refractivity contribution < 1.29 is 27.6 Å². The summed E-state index contributed by atoms with van der Waals surface area (Å²) in [7, 11) is 1.16. The van der Waals surface area contributed by atoms with Crippen LogP contribution in [0.5, 0.6) is 5.75 Å². The Morgan fingerprint density at radius 2 is 2.09 bits per heavy atom. The molecule has 0 aliphatic carbocycles. The Morgan fingerprint density at radius 1 is 1.34 bits per heavy atom. The van der Waals surface area contributed by atoms with Crippen molar-refractivity contribution in [3.8, 4) is 22.7 Å². The Morgan fingerprint density at radius 3 is 2.75 bits per heavy atom. The maximum absolute atomic E-state index is 13.3. The van der Waals surface area contributed by atoms with E-state index in [1.54, 1.807) is 0 Å². The monoisotopic (exact) mass is 449 g/mol. The highest BCUT2D eigenvalue weighted by molar-refractivity contribution is 5.70. The van der Waals surface area contributed by atoms with Crippen LogP contribution >= 0.6 is 0 Å². The molecule has 12 heteroatoms. The van der Waals surface area contributed by atoms with Gasteiger partial charge in [0, 0.05) is 35.9 Å². The van der Waals surface area contributed by atoms with E-state index in [4.69, 9.17) is 15.2 Å². The van der Waals surface area contributed by atoms with Crippen molar-refractivity contribution in [2.75, 3.05) is 12.8 Å². The third-order valence-electron chi connectivity index (χ3n) is 5.19. The molecule has 3 heterocycles. The van der Waals surface area contributed by atoms with Gasteiger partial charge in [-0.1, -0.05) is 0 Å². The van der Waals surface area contributed by atoms with E-state index in [0.29, 0.717) is 28.9 Å². The Balaban J connectivity index is 1.90. The van der Waals surface area contributed by atoms with Crippen LogP contribution in [0, 0.1) is 10.1 Å². The zero-order valence-corrected chi connectivity index (χ0v) is 17.0. The lowest BCUT2D eigenvalue weighted by Crippen LogP contribution is -2.21. The predicted octanol–water partition coefficient (Wildman–Crippen LogP) is 3.91. The summed E-state index contributed by atoms with van der Waals surface area (Å²) >= 11 is 0. The van der Waals surface area contributed by atoms with E-state index in [2.05, 4.69) is 10.1 Å². The van der Waals surface area contributed by atoms with E-state index >= 15 is 0 Å². The minimum absolute atomic E-state index is 0.152.